The lowest BCUT2D eigenvalue weighted by Gasteiger charge is -2.46. The average Bonchev–Trinajstić information content (AvgIpc) is 2.35. The van der Waals surface area contributed by atoms with Crippen LogP contribution in [0.3, 0.4) is 0 Å². The van der Waals surface area contributed by atoms with Crippen molar-refractivity contribution in [1.29, 1.82) is 0 Å². The molecule has 2 fully saturated rings. The van der Waals surface area contributed by atoms with Crippen molar-refractivity contribution in [2.45, 2.75) is 77.8 Å². The number of hydrogen-bond acceptors (Lipinski definition) is 2. The van der Waals surface area contributed by atoms with Crippen molar-refractivity contribution in [3.05, 3.63) is 0 Å². The van der Waals surface area contributed by atoms with E-state index in [1.807, 2.05) is 0 Å². The van der Waals surface area contributed by atoms with E-state index >= 15 is 0 Å². The lowest BCUT2D eigenvalue weighted by molar-refractivity contribution is 0.0576. The molecule has 0 radical (unpaired) electrons. The molecule has 2 aliphatic rings. The Bertz CT molecular complexity index is 237. The Kier molecular flexibility index (Phi) is 5.08. The predicted molar refractivity (Wildman–Crippen MR) is 81.0 cm³/mol. The van der Waals surface area contributed by atoms with Crippen molar-refractivity contribution in [2.75, 3.05) is 19.6 Å². The van der Waals surface area contributed by atoms with Gasteiger partial charge in [-0.2, -0.15) is 0 Å². The van der Waals surface area contributed by atoms with E-state index in [4.69, 9.17) is 0 Å². The maximum atomic E-state index is 3.72. The lowest BCUT2D eigenvalue weighted by Crippen LogP contribution is -2.45. The molecule has 0 atom stereocenters. The molecule has 18 heavy (non-hydrogen) atoms. The summed E-state index contributed by atoms with van der Waals surface area (Å²) in [7, 11) is 0. The molecule has 1 saturated heterocycles. The maximum absolute atomic E-state index is 3.72. The Morgan fingerprint density at radius 3 is 2.28 bits per heavy atom. The Morgan fingerprint density at radius 2 is 1.78 bits per heavy atom. The van der Waals surface area contributed by atoms with Gasteiger partial charge < -0.3 is 10.2 Å². The third kappa shape index (κ3) is 3.71. The van der Waals surface area contributed by atoms with Crippen molar-refractivity contribution < 1.29 is 1.43 Å². The number of nitrogens with one attached hydrogen (secondary N) is 1. The second-order valence-corrected chi connectivity index (χ2v) is 6.94. The first-order valence-electron chi connectivity index (χ1n) is 8.12. The third-order valence-electron chi connectivity index (χ3n) is 5.07. The highest BCUT2D eigenvalue weighted by molar-refractivity contribution is 4.92. The normalized spacial score (nSPS) is 26.0. The topological polar surface area (TPSA) is 15.3 Å². The van der Waals surface area contributed by atoms with Crippen LogP contribution >= 0.6 is 0 Å². The van der Waals surface area contributed by atoms with Crippen LogP contribution in [0.4, 0.5) is 0 Å². The first kappa shape index (κ1) is 14.3. The van der Waals surface area contributed by atoms with Crippen LogP contribution in [0.5, 0.6) is 0 Å². The van der Waals surface area contributed by atoms with Gasteiger partial charge in [0.2, 0.25) is 0 Å². The van der Waals surface area contributed by atoms with Crippen molar-refractivity contribution in [1.82, 2.24) is 10.2 Å². The molecule has 0 aromatic carbocycles. The van der Waals surface area contributed by atoms with Crippen molar-refractivity contribution in [2.24, 2.45) is 5.41 Å². The minimum atomic E-state index is 0. The van der Waals surface area contributed by atoms with Gasteiger partial charge in [0.05, 0.1) is 0 Å². The number of rotatable bonds is 4. The zero-order chi connectivity index (χ0) is 13.0. The Hall–Kier alpha value is -0.0800. The molecule has 108 valence electrons. The fraction of sp³-hybridized carbons (Fsp3) is 1.00. The minimum Gasteiger partial charge on any atom is -0.312 e. The molecule has 0 amide bonds. The van der Waals surface area contributed by atoms with E-state index in [-0.39, 0.29) is 1.43 Å². The van der Waals surface area contributed by atoms with Crippen LogP contribution in [-0.2, 0) is 0 Å². The van der Waals surface area contributed by atoms with Crippen molar-refractivity contribution in [3.8, 4) is 0 Å². The monoisotopic (exact) mass is 254 g/mol. The number of likely N-dealkylation sites (tertiary alicyclic amines) is 1. The highest BCUT2D eigenvalue weighted by atomic mass is 15.1. The quantitative estimate of drug-likeness (QED) is 0.823. The van der Waals surface area contributed by atoms with Gasteiger partial charge in [0.1, 0.15) is 0 Å². The molecule has 2 nitrogen and oxygen atoms in total. The van der Waals surface area contributed by atoms with Gasteiger partial charge >= 0.3 is 0 Å². The summed E-state index contributed by atoms with van der Waals surface area (Å²) in [5, 5.41) is 3.72. The van der Waals surface area contributed by atoms with Crippen molar-refractivity contribution in [3.63, 3.8) is 0 Å². The number of hydrogen-bond donors (Lipinski definition) is 1. The Labute approximate surface area is 115 Å². The van der Waals surface area contributed by atoms with Crippen LogP contribution < -0.4 is 5.32 Å². The van der Waals surface area contributed by atoms with Crippen LogP contribution in [0.1, 0.15) is 67.1 Å². The zero-order valence-corrected chi connectivity index (χ0v) is 12.7. The summed E-state index contributed by atoms with van der Waals surface area (Å²) in [6, 6.07) is 1.44. The molecule has 0 unspecified atom stereocenters. The van der Waals surface area contributed by atoms with Gasteiger partial charge in [-0.25, -0.2) is 0 Å². The van der Waals surface area contributed by atoms with Crippen molar-refractivity contribution >= 4 is 0 Å². The predicted octanol–water partition coefficient (Wildman–Crippen LogP) is 3.67. The van der Waals surface area contributed by atoms with E-state index in [0.717, 1.165) is 11.5 Å². The van der Waals surface area contributed by atoms with Crippen LogP contribution in [0.2, 0.25) is 0 Å². The van der Waals surface area contributed by atoms with Gasteiger partial charge in [0.25, 0.3) is 0 Å². The van der Waals surface area contributed by atoms with E-state index in [2.05, 4.69) is 31.0 Å². The highest BCUT2D eigenvalue weighted by Crippen LogP contribution is 2.44. The fourth-order valence-electron chi connectivity index (χ4n) is 3.94. The molecular weight excluding hydrogens is 220 g/mol. The summed E-state index contributed by atoms with van der Waals surface area (Å²) < 4.78 is 0. The van der Waals surface area contributed by atoms with E-state index < -0.39 is 0 Å². The maximum Gasteiger partial charge on any atom is 0.00698 e. The standard InChI is InChI=1S/C16H32N2.H2/c1-4-11-18-12-9-16(10-13-18)7-5-15(6-8-16)17-14(2)3;/h14-15,17H,4-13H2,1-3H3;1H. The SMILES string of the molecule is CCCN1CCC2(CCC(NC(C)C)CC2)CC1.[HH]. The second-order valence-electron chi connectivity index (χ2n) is 6.94. The molecule has 0 aromatic heterocycles. The first-order valence-corrected chi connectivity index (χ1v) is 8.12. The summed E-state index contributed by atoms with van der Waals surface area (Å²) in [6.45, 7) is 10.9. The lowest BCUT2D eigenvalue weighted by atomic mass is 9.67. The summed E-state index contributed by atoms with van der Waals surface area (Å²) in [4.78, 5) is 2.67. The van der Waals surface area contributed by atoms with Gasteiger partial charge in [-0.3, -0.25) is 0 Å². The Balaban J connectivity index is 0.00000180. The van der Waals surface area contributed by atoms with E-state index in [9.17, 15) is 0 Å². The molecule has 1 saturated carbocycles. The van der Waals surface area contributed by atoms with Gasteiger partial charge in [-0.05, 0) is 70.0 Å². The van der Waals surface area contributed by atoms with Crippen LogP contribution in [0.25, 0.3) is 0 Å². The minimum absolute atomic E-state index is 0. The summed E-state index contributed by atoms with van der Waals surface area (Å²) in [5.41, 5.74) is 0.722. The first-order chi connectivity index (χ1) is 8.63. The molecule has 2 heteroatoms. The number of nitrogens with zero attached hydrogens (tertiary/aromatic N) is 1. The molecule has 0 bridgehead atoms. The molecule has 1 heterocycles. The van der Waals surface area contributed by atoms with E-state index in [1.165, 1.54) is 64.6 Å². The summed E-state index contributed by atoms with van der Waals surface area (Å²) in [6.07, 6.45) is 9.99. The molecule has 1 aliphatic carbocycles. The molecule has 1 aliphatic heterocycles. The van der Waals surface area contributed by atoms with Gasteiger partial charge in [-0.15, -0.1) is 0 Å². The fourth-order valence-corrected chi connectivity index (χ4v) is 3.94. The largest absolute Gasteiger partial charge is 0.312 e. The van der Waals surface area contributed by atoms with E-state index in [0.29, 0.717) is 6.04 Å². The Morgan fingerprint density at radius 1 is 1.17 bits per heavy atom. The number of piperidine rings is 1. The van der Waals surface area contributed by atoms with Crippen LogP contribution in [0, 0.1) is 5.41 Å². The molecule has 1 N–H and O–H groups in total. The molecular formula is C16H34N2. The molecule has 2 rings (SSSR count). The smallest absolute Gasteiger partial charge is 0.00698 e. The van der Waals surface area contributed by atoms with E-state index in [1.54, 1.807) is 0 Å². The molecule has 1 spiro atoms. The second kappa shape index (κ2) is 6.38. The third-order valence-corrected chi connectivity index (χ3v) is 5.07. The van der Waals surface area contributed by atoms with Gasteiger partial charge in [-0.1, -0.05) is 20.8 Å². The molecule has 0 aromatic rings. The summed E-state index contributed by atoms with van der Waals surface area (Å²) in [5.74, 6) is 0. The van der Waals surface area contributed by atoms with Gasteiger partial charge in [0.15, 0.2) is 0 Å². The van der Waals surface area contributed by atoms with Crippen LogP contribution in [-0.4, -0.2) is 36.6 Å². The average molecular weight is 254 g/mol. The van der Waals surface area contributed by atoms with Crippen LogP contribution in [0.15, 0.2) is 0 Å². The highest BCUT2D eigenvalue weighted by Gasteiger charge is 2.37. The summed E-state index contributed by atoms with van der Waals surface area (Å²) >= 11 is 0. The van der Waals surface area contributed by atoms with Gasteiger partial charge in [0, 0.05) is 13.5 Å². The zero-order valence-electron chi connectivity index (χ0n) is 12.7.